The third-order valence-electron chi connectivity index (χ3n) is 2.87. The van der Waals surface area contributed by atoms with Gasteiger partial charge in [0.15, 0.2) is 5.75 Å². The normalized spacial score (nSPS) is 20.6. The maximum absolute atomic E-state index is 11.2. The summed E-state index contributed by atoms with van der Waals surface area (Å²) in [5, 5.41) is 18.0. The lowest BCUT2D eigenvalue weighted by Gasteiger charge is -2.19. The monoisotopic (exact) mass is 239 g/mol. The number of likely N-dealkylation sites (tertiary alicyclic amines) is 1. The van der Waals surface area contributed by atoms with Crippen LogP contribution in [0, 0.1) is 0 Å². The lowest BCUT2D eigenvalue weighted by atomic mass is 10.2. The van der Waals surface area contributed by atoms with E-state index in [4.69, 9.17) is 14.6 Å². The summed E-state index contributed by atoms with van der Waals surface area (Å²) >= 11 is 0. The van der Waals surface area contributed by atoms with Gasteiger partial charge in [0.05, 0.1) is 6.54 Å². The minimum absolute atomic E-state index is 0.270. The van der Waals surface area contributed by atoms with Crippen LogP contribution in [0.2, 0.25) is 0 Å². The Labute approximate surface area is 97.1 Å². The van der Waals surface area contributed by atoms with Gasteiger partial charge in [-0.25, -0.2) is 0 Å². The van der Waals surface area contributed by atoms with Crippen molar-refractivity contribution in [3.8, 4) is 5.75 Å². The van der Waals surface area contributed by atoms with E-state index < -0.39 is 23.2 Å². The van der Waals surface area contributed by atoms with Gasteiger partial charge in [0.1, 0.15) is 18.1 Å². The van der Waals surface area contributed by atoms with E-state index in [1.165, 1.54) is 6.07 Å². The summed E-state index contributed by atoms with van der Waals surface area (Å²) in [6, 6.07) is 0.668. The van der Waals surface area contributed by atoms with E-state index in [2.05, 4.69) is 0 Å². The van der Waals surface area contributed by atoms with Gasteiger partial charge in [0.2, 0.25) is 5.43 Å². The number of carbonyl (C=O) groups is 1. The third kappa shape index (κ3) is 2.47. The molecule has 2 heterocycles. The quantitative estimate of drug-likeness (QED) is 0.793. The van der Waals surface area contributed by atoms with Crippen molar-refractivity contribution in [3.05, 3.63) is 28.3 Å². The molecule has 2 rings (SSSR count). The Morgan fingerprint density at radius 2 is 2.35 bits per heavy atom. The minimum atomic E-state index is -0.858. The second-order valence-electron chi connectivity index (χ2n) is 4.06. The average molecular weight is 239 g/mol. The van der Waals surface area contributed by atoms with Crippen LogP contribution >= 0.6 is 0 Å². The molecule has 0 bridgehead atoms. The molecule has 1 atom stereocenters. The van der Waals surface area contributed by atoms with Gasteiger partial charge in [0.25, 0.3) is 0 Å². The number of hydrogen-bond donors (Lipinski definition) is 2. The fourth-order valence-electron chi connectivity index (χ4n) is 2.02. The first-order chi connectivity index (χ1) is 8.08. The lowest BCUT2D eigenvalue weighted by molar-refractivity contribution is -0.142. The van der Waals surface area contributed by atoms with Gasteiger partial charge in [0, 0.05) is 6.07 Å². The molecule has 0 spiro atoms. The summed E-state index contributed by atoms with van der Waals surface area (Å²) in [6.45, 7) is 0.939. The molecule has 0 saturated carbocycles. The molecule has 0 radical (unpaired) electrons. The Balaban J connectivity index is 2.12. The van der Waals surface area contributed by atoms with Gasteiger partial charge in [-0.2, -0.15) is 0 Å². The van der Waals surface area contributed by atoms with Crippen molar-refractivity contribution in [2.24, 2.45) is 0 Å². The van der Waals surface area contributed by atoms with Gasteiger partial charge >= 0.3 is 5.97 Å². The van der Waals surface area contributed by atoms with E-state index in [-0.39, 0.29) is 6.54 Å². The summed E-state index contributed by atoms with van der Waals surface area (Å²) < 4.78 is 5.04. The highest BCUT2D eigenvalue weighted by molar-refractivity contribution is 5.73. The Morgan fingerprint density at radius 1 is 1.59 bits per heavy atom. The Hall–Kier alpha value is -1.82. The van der Waals surface area contributed by atoms with Crippen molar-refractivity contribution in [2.45, 2.75) is 25.4 Å². The number of aliphatic carboxylic acids is 1. The zero-order valence-corrected chi connectivity index (χ0v) is 9.13. The van der Waals surface area contributed by atoms with E-state index in [9.17, 15) is 9.59 Å². The molecule has 6 nitrogen and oxygen atoms in total. The molecule has 0 unspecified atom stereocenters. The third-order valence-corrected chi connectivity index (χ3v) is 2.87. The topological polar surface area (TPSA) is 91.0 Å². The number of carboxylic acid groups (broad SMARTS) is 1. The molecule has 0 aliphatic carbocycles. The van der Waals surface area contributed by atoms with Crippen LogP contribution in [0.15, 0.2) is 21.5 Å². The average Bonchev–Trinajstić information content (AvgIpc) is 2.72. The van der Waals surface area contributed by atoms with Gasteiger partial charge in [-0.15, -0.1) is 0 Å². The van der Waals surface area contributed by atoms with Crippen LogP contribution in [0.1, 0.15) is 18.6 Å². The van der Waals surface area contributed by atoms with Crippen LogP contribution in [0.4, 0.5) is 0 Å². The van der Waals surface area contributed by atoms with E-state index in [0.717, 1.165) is 12.7 Å². The summed E-state index contributed by atoms with van der Waals surface area (Å²) in [5.41, 5.74) is -0.516. The van der Waals surface area contributed by atoms with Crippen LogP contribution in [0.3, 0.4) is 0 Å². The van der Waals surface area contributed by atoms with Gasteiger partial charge in [-0.3, -0.25) is 14.5 Å². The summed E-state index contributed by atoms with van der Waals surface area (Å²) in [7, 11) is 0. The maximum Gasteiger partial charge on any atom is 0.320 e. The molecule has 6 heteroatoms. The van der Waals surface area contributed by atoms with Crippen molar-refractivity contribution in [1.82, 2.24) is 4.90 Å². The summed E-state index contributed by atoms with van der Waals surface area (Å²) in [4.78, 5) is 23.9. The molecule has 17 heavy (non-hydrogen) atoms. The van der Waals surface area contributed by atoms with E-state index in [1.54, 1.807) is 4.90 Å². The van der Waals surface area contributed by atoms with E-state index >= 15 is 0 Å². The summed E-state index contributed by atoms with van der Waals surface area (Å²) in [5.74, 6) is -0.936. The molecule has 92 valence electrons. The molecule has 0 aromatic carbocycles. The van der Waals surface area contributed by atoms with E-state index in [0.29, 0.717) is 18.7 Å². The number of aromatic hydroxyl groups is 1. The van der Waals surface area contributed by atoms with E-state index in [1.807, 2.05) is 0 Å². The van der Waals surface area contributed by atoms with Gasteiger partial charge in [-0.1, -0.05) is 0 Å². The smallest absolute Gasteiger partial charge is 0.320 e. The highest BCUT2D eigenvalue weighted by Crippen LogP contribution is 2.20. The van der Waals surface area contributed by atoms with Gasteiger partial charge in [-0.05, 0) is 19.4 Å². The predicted octanol–water partition coefficient (Wildman–Crippen LogP) is 0.394. The van der Waals surface area contributed by atoms with Crippen molar-refractivity contribution in [1.29, 1.82) is 0 Å². The molecule has 2 N–H and O–H groups in total. The van der Waals surface area contributed by atoms with Gasteiger partial charge < -0.3 is 14.6 Å². The second kappa shape index (κ2) is 4.58. The molecule has 1 aromatic heterocycles. The van der Waals surface area contributed by atoms with Crippen LogP contribution in [-0.4, -0.2) is 33.7 Å². The zero-order chi connectivity index (χ0) is 12.4. The van der Waals surface area contributed by atoms with Crippen LogP contribution in [-0.2, 0) is 11.3 Å². The number of nitrogens with zero attached hydrogens (tertiary/aromatic N) is 1. The number of hydrogen-bond acceptors (Lipinski definition) is 5. The van der Waals surface area contributed by atoms with Crippen LogP contribution < -0.4 is 5.43 Å². The minimum Gasteiger partial charge on any atom is -0.502 e. The zero-order valence-electron chi connectivity index (χ0n) is 9.13. The van der Waals surface area contributed by atoms with Crippen molar-refractivity contribution in [3.63, 3.8) is 0 Å². The molecule has 1 aliphatic rings. The first-order valence-electron chi connectivity index (χ1n) is 5.35. The fraction of sp³-hybridized carbons (Fsp3) is 0.455. The maximum atomic E-state index is 11.2. The summed E-state index contributed by atoms with van der Waals surface area (Å²) in [6.07, 6.45) is 2.40. The molecule has 1 aliphatic heterocycles. The number of rotatable bonds is 3. The second-order valence-corrected chi connectivity index (χ2v) is 4.06. The van der Waals surface area contributed by atoms with Crippen molar-refractivity contribution in [2.75, 3.05) is 6.54 Å². The lowest BCUT2D eigenvalue weighted by Crippen LogP contribution is -2.35. The van der Waals surface area contributed by atoms with Crippen LogP contribution in [0.5, 0.6) is 5.75 Å². The molecule has 1 fully saturated rings. The Bertz CT molecular complexity index is 481. The fourth-order valence-corrected chi connectivity index (χ4v) is 2.02. The molecule has 1 aromatic rings. The highest BCUT2D eigenvalue weighted by atomic mass is 16.4. The van der Waals surface area contributed by atoms with Crippen molar-refractivity contribution < 1.29 is 19.4 Å². The molecule has 1 saturated heterocycles. The van der Waals surface area contributed by atoms with Crippen LogP contribution in [0.25, 0.3) is 0 Å². The Kier molecular flexibility index (Phi) is 3.14. The standard InChI is InChI=1S/C11H13NO5/c13-9-4-7(17-6-10(9)14)5-12-3-1-2-8(12)11(15)16/h4,6,8,14H,1-3,5H2,(H,15,16)/t8-/m0/s1. The predicted molar refractivity (Wildman–Crippen MR) is 57.7 cm³/mol. The SMILES string of the molecule is O=C(O)[C@@H]1CCCN1Cc1cc(=O)c(O)co1. The molecule has 0 amide bonds. The first-order valence-corrected chi connectivity index (χ1v) is 5.35. The molecular formula is C11H13NO5. The highest BCUT2D eigenvalue weighted by Gasteiger charge is 2.30. The molecular weight excluding hydrogens is 226 g/mol. The first kappa shape index (κ1) is 11.7. The largest absolute Gasteiger partial charge is 0.502 e. The Morgan fingerprint density at radius 3 is 3.00 bits per heavy atom. The number of carboxylic acids is 1. The van der Waals surface area contributed by atoms with Crippen molar-refractivity contribution >= 4 is 5.97 Å².